The quantitative estimate of drug-likeness (QED) is 0.430. The van der Waals surface area contributed by atoms with Gasteiger partial charge < -0.3 is 4.74 Å². The Hall–Kier alpha value is -4.53. The number of ether oxygens (including phenoxy) is 1. The second-order valence-corrected chi connectivity index (χ2v) is 6.99. The number of anilines is 1. The molecule has 5 rings (SSSR count). The number of benzene rings is 1. The molecule has 0 spiro atoms. The molecule has 0 atom stereocenters. The van der Waals surface area contributed by atoms with Gasteiger partial charge in [-0.3, -0.25) is 14.8 Å². The third-order valence-corrected chi connectivity index (χ3v) is 5.05. The van der Waals surface area contributed by atoms with Crippen LogP contribution in [0, 0.1) is 5.82 Å². The van der Waals surface area contributed by atoms with Crippen LogP contribution in [0.1, 0.15) is 0 Å². The molecule has 0 saturated heterocycles. The molecule has 8 nitrogen and oxygen atoms in total. The second kappa shape index (κ2) is 7.95. The fraction of sp³-hybridized carbons (Fsp3) is 0.0435. The van der Waals surface area contributed by atoms with Crippen molar-refractivity contribution < 1.29 is 13.9 Å². The molecule has 0 radical (unpaired) electrons. The molecule has 0 aliphatic heterocycles. The summed E-state index contributed by atoms with van der Waals surface area (Å²) in [4.78, 5) is 20.1. The van der Waals surface area contributed by atoms with E-state index in [1.165, 1.54) is 19.2 Å². The van der Waals surface area contributed by atoms with Crippen molar-refractivity contribution in [2.24, 2.45) is 0 Å². The van der Waals surface area contributed by atoms with Crippen molar-refractivity contribution in [3.05, 3.63) is 79.1 Å². The first-order valence-electron chi connectivity index (χ1n) is 9.71. The van der Waals surface area contributed by atoms with E-state index in [1.807, 2.05) is 28.8 Å². The van der Waals surface area contributed by atoms with Gasteiger partial charge in [0.05, 0.1) is 19.0 Å². The number of nitrogens with zero attached hydrogens (tertiary/aromatic N) is 4. The minimum absolute atomic E-state index is 0.287. The van der Waals surface area contributed by atoms with Crippen molar-refractivity contribution in [3.63, 3.8) is 0 Å². The zero-order valence-corrected chi connectivity index (χ0v) is 16.9. The highest BCUT2D eigenvalue weighted by Gasteiger charge is 2.14. The maximum Gasteiger partial charge on any atom is 0.412 e. The lowest BCUT2D eigenvalue weighted by molar-refractivity contribution is 0.187. The van der Waals surface area contributed by atoms with Crippen LogP contribution in [-0.4, -0.2) is 37.8 Å². The number of rotatable bonds is 4. The monoisotopic (exact) mass is 428 g/mol. The number of aromatic amines is 1. The molecular formula is C23H17FN6O2. The van der Waals surface area contributed by atoms with Crippen LogP contribution >= 0.6 is 0 Å². The normalized spacial score (nSPS) is 10.9. The molecule has 4 heterocycles. The molecule has 2 N–H and O–H groups in total. The molecule has 1 amide bonds. The van der Waals surface area contributed by atoms with E-state index in [9.17, 15) is 9.18 Å². The summed E-state index contributed by atoms with van der Waals surface area (Å²) in [5.74, 6) is 0.0975. The van der Waals surface area contributed by atoms with Gasteiger partial charge in [-0.1, -0.05) is 12.1 Å². The van der Waals surface area contributed by atoms with Crippen molar-refractivity contribution in [1.29, 1.82) is 0 Å². The summed E-state index contributed by atoms with van der Waals surface area (Å²) in [7, 11) is 1.29. The van der Waals surface area contributed by atoms with Crippen molar-refractivity contribution in [2.75, 3.05) is 12.4 Å². The number of hydrogen-bond acceptors (Lipinski definition) is 5. The number of aromatic nitrogens is 5. The van der Waals surface area contributed by atoms with Gasteiger partial charge in [-0.15, -0.1) is 0 Å². The van der Waals surface area contributed by atoms with Crippen LogP contribution in [0.2, 0.25) is 0 Å². The van der Waals surface area contributed by atoms with Crippen LogP contribution in [0.3, 0.4) is 0 Å². The maximum absolute atomic E-state index is 13.3. The number of H-pyrrole nitrogens is 1. The number of amides is 1. The Morgan fingerprint density at radius 3 is 2.53 bits per heavy atom. The molecule has 4 aromatic heterocycles. The van der Waals surface area contributed by atoms with Gasteiger partial charge in [-0.25, -0.2) is 19.2 Å². The highest BCUT2D eigenvalue weighted by Crippen LogP contribution is 2.31. The smallest absolute Gasteiger partial charge is 0.412 e. The van der Waals surface area contributed by atoms with Crippen LogP contribution in [0.4, 0.5) is 15.0 Å². The van der Waals surface area contributed by atoms with Crippen LogP contribution in [0.15, 0.2) is 73.3 Å². The van der Waals surface area contributed by atoms with Gasteiger partial charge in [0, 0.05) is 35.3 Å². The number of carbonyl (C=O) groups is 1. The Kier molecular flexibility index (Phi) is 4.83. The SMILES string of the molecule is COC(=O)Nc1ccc(-c2cnc3ccc(-c4n[nH]cc4-c4ccc(F)cc4)cn23)cn1. The predicted octanol–water partition coefficient (Wildman–Crippen LogP) is 4.77. The van der Waals surface area contributed by atoms with E-state index in [1.54, 1.807) is 36.8 Å². The molecule has 0 aliphatic rings. The first-order valence-corrected chi connectivity index (χ1v) is 9.71. The Morgan fingerprint density at radius 2 is 1.78 bits per heavy atom. The molecule has 0 bridgehead atoms. The average molecular weight is 428 g/mol. The van der Waals surface area contributed by atoms with E-state index in [0.717, 1.165) is 39.3 Å². The molecule has 0 fully saturated rings. The van der Waals surface area contributed by atoms with Gasteiger partial charge in [0.2, 0.25) is 0 Å². The van der Waals surface area contributed by atoms with Crippen LogP contribution < -0.4 is 5.32 Å². The molecule has 0 saturated carbocycles. The summed E-state index contributed by atoms with van der Waals surface area (Å²) in [5, 5.41) is 9.83. The zero-order chi connectivity index (χ0) is 22.1. The van der Waals surface area contributed by atoms with E-state index in [2.05, 4.69) is 30.2 Å². The van der Waals surface area contributed by atoms with Crippen molar-refractivity contribution >= 4 is 17.6 Å². The van der Waals surface area contributed by atoms with Crippen molar-refractivity contribution in [3.8, 4) is 33.6 Å². The summed E-state index contributed by atoms with van der Waals surface area (Å²) < 4.78 is 19.9. The van der Waals surface area contributed by atoms with E-state index >= 15 is 0 Å². The number of imidazole rings is 1. The number of halogens is 1. The molecule has 5 aromatic rings. The summed E-state index contributed by atoms with van der Waals surface area (Å²) >= 11 is 0. The Bertz CT molecular complexity index is 1410. The molecule has 0 unspecified atom stereocenters. The number of nitrogens with one attached hydrogen (secondary N) is 2. The first-order chi connectivity index (χ1) is 15.6. The lowest BCUT2D eigenvalue weighted by Crippen LogP contribution is -2.11. The Morgan fingerprint density at radius 1 is 1.00 bits per heavy atom. The minimum Gasteiger partial charge on any atom is -0.453 e. The Balaban J connectivity index is 1.52. The van der Waals surface area contributed by atoms with Gasteiger partial charge in [0.1, 0.15) is 23.0 Å². The number of hydrogen-bond donors (Lipinski definition) is 2. The second-order valence-electron chi connectivity index (χ2n) is 6.99. The summed E-state index contributed by atoms with van der Waals surface area (Å²) in [6.45, 7) is 0. The van der Waals surface area contributed by atoms with Gasteiger partial charge in [-0.2, -0.15) is 5.10 Å². The third kappa shape index (κ3) is 3.56. The van der Waals surface area contributed by atoms with E-state index in [0.29, 0.717) is 5.82 Å². The molecular weight excluding hydrogens is 411 g/mol. The highest BCUT2D eigenvalue weighted by atomic mass is 19.1. The third-order valence-electron chi connectivity index (χ3n) is 5.05. The number of methoxy groups -OCH3 is 1. The largest absolute Gasteiger partial charge is 0.453 e. The highest BCUT2D eigenvalue weighted by molar-refractivity contribution is 5.83. The summed E-state index contributed by atoms with van der Waals surface area (Å²) in [5.41, 5.74) is 5.76. The topological polar surface area (TPSA) is 97.2 Å². The fourth-order valence-electron chi connectivity index (χ4n) is 3.47. The first kappa shape index (κ1) is 19.4. The lowest BCUT2D eigenvalue weighted by atomic mass is 10.0. The standard InChI is InChI=1S/C23H17FN6O2/c1-32-23(31)28-20-8-4-15(10-25-20)19-12-26-21-9-5-16(13-30(19)21)22-18(11-27-29-22)14-2-6-17(24)7-3-14/h2-13H,1H3,(H,27,29)(H,25,28,31). The molecule has 158 valence electrons. The minimum atomic E-state index is -0.583. The van der Waals surface area contributed by atoms with Crippen LogP contribution in [-0.2, 0) is 4.74 Å². The van der Waals surface area contributed by atoms with Crippen LogP contribution in [0.25, 0.3) is 39.3 Å². The molecule has 1 aromatic carbocycles. The van der Waals surface area contributed by atoms with E-state index < -0.39 is 6.09 Å². The average Bonchev–Trinajstić information content (AvgIpc) is 3.47. The zero-order valence-electron chi connectivity index (χ0n) is 16.9. The van der Waals surface area contributed by atoms with Crippen LogP contribution in [0.5, 0.6) is 0 Å². The number of carbonyl (C=O) groups excluding carboxylic acids is 1. The van der Waals surface area contributed by atoms with Crippen molar-refractivity contribution in [1.82, 2.24) is 24.6 Å². The van der Waals surface area contributed by atoms with Gasteiger partial charge >= 0.3 is 6.09 Å². The summed E-state index contributed by atoms with van der Waals surface area (Å²) in [6.07, 6.45) is 6.56. The molecule has 9 heteroatoms. The lowest BCUT2D eigenvalue weighted by Gasteiger charge is -2.07. The number of pyridine rings is 2. The fourth-order valence-corrected chi connectivity index (χ4v) is 3.47. The van der Waals surface area contributed by atoms with Gasteiger partial charge in [0.25, 0.3) is 0 Å². The Labute approximate surface area is 181 Å². The summed E-state index contributed by atoms with van der Waals surface area (Å²) in [6, 6.07) is 13.7. The number of fused-ring (bicyclic) bond motifs is 1. The van der Waals surface area contributed by atoms with Gasteiger partial charge in [0.15, 0.2) is 0 Å². The predicted molar refractivity (Wildman–Crippen MR) is 117 cm³/mol. The van der Waals surface area contributed by atoms with Crippen molar-refractivity contribution in [2.45, 2.75) is 0 Å². The maximum atomic E-state index is 13.3. The molecule has 32 heavy (non-hydrogen) atoms. The van der Waals surface area contributed by atoms with E-state index in [-0.39, 0.29) is 5.82 Å². The van der Waals surface area contributed by atoms with E-state index in [4.69, 9.17) is 0 Å². The molecule has 0 aliphatic carbocycles. The van der Waals surface area contributed by atoms with Gasteiger partial charge in [-0.05, 0) is 42.0 Å².